The minimum atomic E-state index is 0.873. The van der Waals surface area contributed by atoms with Crippen molar-refractivity contribution >= 4 is 11.0 Å². The van der Waals surface area contributed by atoms with Gasteiger partial charge in [-0.15, -0.1) is 0 Å². The van der Waals surface area contributed by atoms with Crippen LogP contribution in [-0.2, 0) is 6.54 Å². The van der Waals surface area contributed by atoms with Crippen LogP contribution in [0.25, 0.3) is 11.0 Å². The quantitative estimate of drug-likeness (QED) is 0.692. The van der Waals surface area contributed by atoms with Gasteiger partial charge in [-0.25, -0.2) is 4.98 Å². The lowest BCUT2D eigenvalue weighted by atomic mass is 10.2. The Balaban J connectivity index is 1.97. The summed E-state index contributed by atoms with van der Waals surface area (Å²) in [7, 11) is 0. The zero-order valence-corrected chi connectivity index (χ0v) is 9.07. The number of H-pyrrole nitrogens is 1. The summed E-state index contributed by atoms with van der Waals surface area (Å²) in [6.07, 6.45) is 3.70. The standard InChI is InChI=1S/C13H12N3/c1-10-3-2-6-16(10)8-11-4-5-12-13(7-11)15-9-14-12/h3-7,9H,8H2,1H3,(H,14,15). The molecule has 2 heterocycles. The molecule has 0 aliphatic carbocycles. The molecule has 79 valence electrons. The molecule has 16 heavy (non-hydrogen) atoms. The smallest absolute Gasteiger partial charge is 0.0931 e. The first-order valence-electron chi connectivity index (χ1n) is 5.28. The zero-order valence-electron chi connectivity index (χ0n) is 9.07. The van der Waals surface area contributed by atoms with Crippen LogP contribution in [0.2, 0.25) is 0 Å². The van der Waals surface area contributed by atoms with Crippen molar-refractivity contribution in [2.24, 2.45) is 0 Å². The molecule has 0 spiro atoms. The molecule has 3 aromatic rings. The predicted octanol–water partition coefficient (Wildman–Crippen LogP) is 2.52. The van der Waals surface area contributed by atoms with Gasteiger partial charge in [0, 0.05) is 24.5 Å². The highest BCUT2D eigenvalue weighted by atomic mass is 15.0. The van der Waals surface area contributed by atoms with Crippen LogP contribution >= 0.6 is 0 Å². The fraction of sp³-hybridized carbons (Fsp3) is 0.154. The van der Waals surface area contributed by atoms with E-state index in [1.54, 1.807) is 6.33 Å². The predicted molar refractivity (Wildman–Crippen MR) is 63.2 cm³/mol. The molecule has 0 atom stereocenters. The van der Waals surface area contributed by atoms with E-state index in [2.05, 4.69) is 45.7 Å². The Morgan fingerprint density at radius 2 is 2.38 bits per heavy atom. The minimum absolute atomic E-state index is 0.873. The molecule has 0 amide bonds. The van der Waals surface area contributed by atoms with Gasteiger partial charge in [0.1, 0.15) is 0 Å². The van der Waals surface area contributed by atoms with Crippen molar-refractivity contribution < 1.29 is 0 Å². The topological polar surface area (TPSA) is 33.6 Å². The summed E-state index contributed by atoms with van der Waals surface area (Å²) >= 11 is 0. The van der Waals surface area contributed by atoms with E-state index in [1.165, 1.54) is 11.3 Å². The molecule has 0 saturated heterocycles. The molecule has 0 aliphatic heterocycles. The summed E-state index contributed by atoms with van der Waals surface area (Å²) in [5.41, 5.74) is 4.58. The second-order valence-corrected chi connectivity index (χ2v) is 3.96. The number of hydrogen-bond acceptors (Lipinski definition) is 1. The second kappa shape index (κ2) is 3.52. The summed E-state index contributed by atoms with van der Waals surface area (Å²) in [5, 5.41) is 0. The van der Waals surface area contributed by atoms with Crippen molar-refractivity contribution in [2.75, 3.05) is 0 Å². The van der Waals surface area contributed by atoms with E-state index < -0.39 is 0 Å². The Kier molecular flexibility index (Phi) is 2.03. The number of aromatic nitrogens is 3. The summed E-state index contributed by atoms with van der Waals surface area (Å²) < 4.78 is 2.17. The number of aromatic amines is 1. The number of rotatable bonds is 2. The number of nitrogens with zero attached hydrogens (tertiary/aromatic N) is 2. The van der Waals surface area contributed by atoms with Gasteiger partial charge in [-0.2, -0.15) is 0 Å². The lowest BCUT2D eigenvalue weighted by molar-refractivity contribution is 0.777. The van der Waals surface area contributed by atoms with E-state index in [4.69, 9.17) is 0 Å². The molecule has 3 rings (SSSR count). The summed E-state index contributed by atoms with van der Waals surface area (Å²) in [4.78, 5) is 7.35. The van der Waals surface area contributed by atoms with E-state index in [1.807, 2.05) is 12.3 Å². The SMILES string of the molecule is Cc1c[c]cn1Cc1ccc2[nH]cnc2c1. The maximum Gasteiger partial charge on any atom is 0.0931 e. The van der Waals surface area contributed by atoms with Gasteiger partial charge in [0.15, 0.2) is 0 Å². The molecule has 0 unspecified atom stereocenters. The molecular weight excluding hydrogens is 198 g/mol. The molecule has 0 saturated carbocycles. The Morgan fingerprint density at radius 3 is 3.19 bits per heavy atom. The van der Waals surface area contributed by atoms with E-state index in [-0.39, 0.29) is 0 Å². The van der Waals surface area contributed by atoms with Crippen molar-refractivity contribution in [3.8, 4) is 0 Å². The fourth-order valence-electron chi connectivity index (χ4n) is 1.88. The van der Waals surface area contributed by atoms with Gasteiger partial charge in [-0.05, 0) is 30.7 Å². The Bertz CT molecular complexity index is 619. The van der Waals surface area contributed by atoms with Gasteiger partial charge in [-0.3, -0.25) is 0 Å². The van der Waals surface area contributed by atoms with Crippen molar-refractivity contribution in [3.63, 3.8) is 0 Å². The van der Waals surface area contributed by atoms with Crippen LogP contribution in [0.5, 0.6) is 0 Å². The second-order valence-electron chi connectivity index (χ2n) is 3.96. The molecule has 0 aliphatic rings. The molecule has 3 nitrogen and oxygen atoms in total. The number of hydrogen-bond donors (Lipinski definition) is 1. The summed E-state index contributed by atoms with van der Waals surface area (Å²) in [5.74, 6) is 0. The molecule has 0 fully saturated rings. The molecule has 1 aromatic carbocycles. The van der Waals surface area contributed by atoms with Crippen LogP contribution in [0.3, 0.4) is 0 Å². The van der Waals surface area contributed by atoms with E-state index in [9.17, 15) is 0 Å². The Hall–Kier alpha value is -2.03. The molecule has 1 radical (unpaired) electrons. The van der Waals surface area contributed by atoms with E-state index in [0.29, 0.717) is 0 Å². The highest BCUT2D eigenvalue weighted by molar-refractivity contribution is 5.75. The number of benzene rings is 1. The average molecular weight is 210 g/mol. The third-order valence-corrected chi connectivity index (χ3v) is 2.81. The maximum absolute atomic E-state index is 4.26. The molecule has 0 bridgehead atoms. The van der Waals surface area contributed by atoms with Crippen molar-refractivity contribution in [1.82, 2.24) is 14.5 Å². The van der Waals surface area contributed by atoms with Crippen LogP contribution in [0, 0.1) is 13.0 Å². The Labute approximate surface area is 93.7 Å². The highest BCUT2D eigenvalue weighted by Crippen LogP contribution is 2.13. The summed E-state index contributed by atoms with van der Waals surface area (Å²) in [6, 6.07) is 11.4. The first-order valence-corrected chi connectivity index (χ1v) is 5.28. The van der Waals surface area contributed by atoms with Gasteiger partial charge < -0.3 is 9.55 Å². The van der Waals surface area contributed by atoms with Crippen LogP contribution in [0.1, 0.15) is 11.3 Å². The molecule has 1 N–H and O–H groups in total. The monoisotopic (exact) mass is 210 g/mol. The first-order chi connectivity index (χ1) is 7.83. The lowest BCUT2D eigenvalue weighted by Gasteiger charge is -2.05. The zero-order chi connectivity index (χ0) is 11.0. The van der Waals surface area contributed by atoms with Crippen molar-refractivity contribution in [1.29, 1.82) is 0 Å². The molecule has 3 heteroatoms. The highest BCUT2D eigenvalue weighted by Gasteiger charge is 2.00. The van der Waals surface area contributed by atoms with Crippen LogP contribution < -0.4 is 0 Å². The van der Waals surface area contributed by atoms with Crippen molar-refractivity contribution in [3.05, 3.63) is 54.1 Å². The minimum Gasteiger partial charge on any atom is -0.347 e. The number of aryl methyl sites for hydroxylation is 1. The third-order valence-electron chi connectivity index (χ3n) is 2.81. The average Bonchev–Trinajstić information content (AvgIpc) is 2.88. The number of nitrogens with one attached hydrogen (secondary N) is 1. The fourth-order valence-corrected chi connectivity index (χ4v) is 1.88. The van der Waals surface area contributed by atoms with Crippen LogP contribution in [0.4, 0.5) is 0 Å². The Morgan fingerprint density at radius 1 is 1.44 bits per heavy atom. The molecule has 2 aromatic heterocycles. The lowest BCUT2D eigenvalue weighted by Crippen LogP contribution is -1.99. The largest absolute Gasteiger partial charge is 0.347 e. The number of imidazole rings is 1. The van der Waals surface area contributed by atoms with Gasteiger partial charge >= 0.3 is 0 Å². The van der Waals surface area contributed by atoms with Crippen LogP contribution in [0.15, 0.2) is 36.8 Å². The third kappa shape index (κ3) is 1.50. The van der Waals surface area contributed by atoms with Gasteiger partial charge in [0.05, 0.1) is 17.4 Å². The number of fused-ring (bicyclic) bond motifs is 1. The normalized spacial score (nSPS) is 11.1. The van der Waals surface area contributed by atoms with E-state index in [0.717, 1.165) is 17.6 Å². The van der Waals surface area contributed by atoms with Crippen molar-refractivity contribution in [2.45, 2.75) is 13.5 Å². The van der Waals surface area contributed by atoms with E-state index >= 15 is 0 Å². The summed E-state index contributed by atoms with van der Waals surface area (Å²) in [6.45, 7) is 2.96. The molecular formula is C13H12N3. The van der Waals surface area contributed by atoms with Gasteiger partial charge in [0.25, 0.3) is 0 Å². The van der Waals surface area contributed by atoms with Gasteiger partial charge in [-0.1, -0.05) is 6.07 Å². The first kappa shape index (κ1) is 9.21. The van der Waals surface area contributed by atoms with Crippen LogP contribution in [-0.4, -0.2) is 14.5 Å². The maximum atomic E-state index is 4.26. The van der Waals surface area contributed by atoms with Gasteiger partial charge in [0.2, 0.25) is 0 Å².